The summed E-state index contributed by atoms with van der Waals surface area (Å²) >= 11 is 5.87. The van der Waals surface area contributed by atoms with Crippen molar-refractivity contribution in [2.45, 2.75) is 38.6 Å². The van der Waals surface area contributed by atoms with Crippen LogP contribution in [0.1, 0.15) is 44.2 Å². The number of benzene rings is 2. The lowest BCUT2D eigenvalue weighted by Crippen LogP contribution is -2.36. The molecule has 1 saturated carbocycles. The van der Waals surface area contributed by atoms with Crippen LogP contribution in [0.5, 0.6) is 0 Å². The molecule has 1 atom stereocenters. The normalized spacial score (nSPS) is 20.5. The third-order valence-electron chi connectivity index (χ3n) is 5.24. The van der Waals surface area contributed by atoms with Crippen molar-refractivity contribution in [3.8, 4) is 0 Å². The number of hydrogen-bond donors (Lipinski definition) is 2. The highest BCUT2D eigenvalue weighted by Gasteiger charge is 2.30. The molecular weight excluding hydrogens is 360 g/mol. The third-order valence-corrected chi connectivity index (χ3v) is 5.49. The van der Waals surface area contributed by atoms with E-state index in [2.05, 4.69) is 10.6 Å². The summed E-state index contributed by atoms with van der Waals surface area (Å²) in [6, 6.07) is 17.0. The first-order valence-electron chi connectivity index (χ1n) is 9.44. The summed E-state index contributed by atoms with van der Waals surface area (Å²) in [5, 5.41) is 6.68. The summed E-state index contributed by atoms with van der Waals surface area (Å²) in [4.78, 5) is 25.0. The minimum Gasteiger partial charge on any atom is -0.349 e. The van der Waals surface area contributed by atoms with Crippen LogP contribution in [0, 0.1) is 11.8 Å². The standard InChI is InChI=1S/C22H25ClN2O2/c1-15(16-5-3-2-4-6-16)24-21(26)17-7-9-18(10-8-17)22(27)25-20-13-11-19(23)12-14-20/h2-6,11-15,17-18H,7-10H2,1H3,(H,24,26)(H,25,27). The van der Waals surface area contributed by atoms with E-state index in [4.69, 9.17) is 11.6 Å². The molecule has 0 bridgehead atoms. The lowest BCUT2D eigenvalue weighted by molar-refractivity contribution is -0.129. The zero-order chi connectivity index (χ0) is 19.2. The van der Waals surface area contributed by atoms with Crippen molar-refractivity contribution < 1.29 is 9.59 Å². The molecule has 2 amide bonds. The number of amides is 2. The van der Waals surface area contributed by atoms with Crippen LogP contribution in [-0.2, 0) is 9.59 Å². The predicted octanol–water partition coefficient (Wildman–Crippen LogP) is 4.96. The number of rotatable bonds is 5. The van der Waals surface area contributed by atoms with Gasteiger partial charge in [-0.05, 0) is 62.4 Å². The Balaban J connectivity index is 1.47. The van der Waals surface area contributed by atoms with Gasteiger partial charge in [0.1, 0.15) is 0 Å². The van der Waals surface area contributed by atoms with Crippen molar-refractivity contribution in [2.24, 2.45) is 11.8 Å². The molecule has 5 heteroatoms. The van der Waals surface area contributed by atoms with Gasteiger partial charge in [-0.1, -0.05) is 41.9 Å². The van der Waals surface area contributed by atoms with Crippen LogP contribution in [0.2, 0.25) is 5.02 Å². The number of anilines is 1. The number of halogens is 1. The van der Waals surface area contributed by atoms with Gasteiger partial charge in [0.2, 0.25) is 11.8 Å². The van der Waals surface area contributed by atoms with E-state index >= 15 is 0 Å². The minimum absolute atomic E-state index is 0.00960. The fraction of sp³-hybridized carbons (Fsp3) is 0.364. The average Bonchev–Trinajstić information content (AvgIpc) is 2.70. The Morgan fingerprint density at radius 3 is 2.04 bits per heavy atom. The molecule has 1 aliphatic rings. The SMILES string of the molecule is CC(NC(=O)C1CCC(C(=O)Nc2ccc(Cl)cc2)CC1)c1ccccc1. The molecule has 1 aliphatic carbocycles. The van der Waals surface area contributed by atoms with Gasteiger partial charge >= 0.3 is 0 Å². The lowest BCUT2D eigenvalue weighted by atomic mass is 9.81. The fourth-order valence-electron chi connectivity index (χ4n) is 3.55. The maximum atomic E-state index is 12.6. The monoisotopic (exact) mass is 384 g/mol. The molecule has 2 aromatic rings. The molecule has 0 aromatic heterocycles. The maximum absolute atomic E-state index is 12.6. The largest absolute Gasteiger partial charge is 0.349 e. The quantitative estimate of drug-likeness (QED) is 0.765. The summed E-state index contributed by atoms with van der Waals surface area (Å²) in [5.41, 5.74) is 1.85. The molecule has 1 unspecified atom stereocenters. The predicted molar refractivity (Wildman–Crippen MR) is 109 cm³/mol. The van der Waals surface area contributed by atoms with Crippen molar-refractivity contribution in [3.05, 3.63) is 65.2 Å². The van der Waals surface area contributed by atoms with Crippen molar-refractivity contribution >= 4 is 29.1 Å². The first-order valence-corrected chi connectivity index (χ1v) is 9.82. The van der Waals surface area contributed by atoms with Crippen LogP contribution >= 0.6 is 11.6 Å². The van der Waals surface area contributed by atoms with E-state index in [1.165, 1.54) is 0 Å². The Morgan fingerprint density at radius 2 is 1.44 bits per heavy atom. The van der Waals surface area contributed by atoms with Gasteiger partial charge in [0.25, 0.3) is 0 Å². The van der Waals surface area contributed by atoms with Gasteiger partial charge in [0.15, 0.2) is 0 Å². The van der Waals surface area contributed by atoms with Gasteiger partial charge < -0.3 is 10.6 Å². The highest BCUT2D eigenvalue weighted by atomic mass is 35.5. The Labute approximate surface area is 165 Å². The molecule has 2 aromatic carbocycles. The van der Waals surface area contributed by atoms with Gasteiger partial charge in [-0.15, -0.1) is 0 Å². The molecule has 0 spiro atoms. The third kappa shape index (κ3) is 5.33. The Morgan fingerprint density at radius 1 is 0.889 bits per heavy atom. The van der Waals surface area contributed by atoms with E-state index in [0.717, 1.165) is 36.9 Å². The van der Waals surface area contributed by atoms with Gasteiger partial charge in [-0.25, -0.2) is 0 Å². The fourth-order valence-corrected chi connectivity index (χ4v) is 3.68. The molecule has 0 radical (unpaired) electrons. The Hall–Kier alpha value is -2.33. The van der Waals surface area contributed by atoms with Crippen molar-refractivity contribution in [2.75, 3.05) is 5.32 Å². The molecular formula is C22H25ClN2O2. The number of nitrogens with one attached hydrogen (secondary N) is 2. The molecule has 27 heavy (non-hydrogen) atoms. The topological polar surface area (TPSA) is 58.2 Å². The van der Waals surface area contributed by atoms with Gasteiger partial charge in [-0.3, -0.25) is 9.59 Å². The molecule has 4 nitrogen and oxygen atoms in total. The summed E-state index contributed by atoms with van der Waals surface area (Å²) in [5.74, 6) is 0.0452. The Kier molecular flexibility index (Phi) is 6.51. The number of hydrogen-bond acceptors (Lipinski definition) is 2. The Bertz CT molecular complexity index is 769. The van der Waals surface area contributed by atoms with Crippen LogP contribution in [0.3, 0.4) is 0 Å². The van der Waals surface area contributed by atoms with Gasteiger partial charge in [0, 0.05) is 22.5 Å². The highest BCUT2D eigenvalue weighted by Crippen LogP contribution is 2.30. The smallest absolute Gasteiger partial charge is 0.227 e. The zero-order valence-electron chi connectivity index (χ0n) is 15.5. The minimum atomic E-state index is -0.0451. The van der Waals surface area contributed by atoms with Crippen LogP contribution in [-0.4, -0.2) is 11.8 Å². The molecule has 0 aliphatic heterocycles. The molecule has 0 saturated heterocycles. The van der Waals surface area contributed by atoms with Crippen LogP contribution in [0.4, 0.5) is 5.69 Å². The first-order chi connectivity index (χ1) is 13.0. The van der Waals surface area contributed by atoms with E-state index in [9.17, 15) is 9.59 Å². The average molecular weight is 385 g/mol. The van der Waals surface area contributed by atoms with E-state index in [-0.39, 0.29) is 29.7 Å². The lowest BCUT2D eigenvalue weighted by Gasteiger charge is -2.28. The summed E-state index contributed by atoms with van der Waals surface area (Å²) < 4.78 is 0. The van der Waals surface area contributed by atoms with Crippen LogP contribution in [0.25, 0.3) is 0 Å². The van der Waals surface area contributed by atoms with Crippen LogP contribution in [0.15, 0.2) is 54.6 Å². The second kappa shape index (κ2) is 9.05. The maximum Gasteiger partial charge on any atom is 0.227 e. The van der Waals surface area contributed by atoms with Crippen molar-refractivity contribution in [1.29, 1.82) is 0 Å². The van der Waals surface area contributed by atoms with Gasteiger partial charge in [0.05, 0.1) is 6.04 Å². The number of carbonyl (C=O) groups is 2. The summed E-state index contributed by atoms with van der Waals surface area (Å²) in [6.45, 7) is 2.00. The molecule has 1 fully saturated rings. The highest BCUT2D eigenvalue weighted by molar-refractivity contribution is 6.30. The van der Waals surface area contributed by atoms with Crippen molar-refractivity contribution in [1.82, 2.24) is 5.32 Å². The molecule has 142 valence electrons. The first kappa shape index (κ1) is 19.4. The van der Waals surface area contributed by atoms with E-state index < -0.39 is 0 Å². The van der Waals surface area contributed by atoms with Crippen molar-refractivity contribution in [3.63, 3.8) is 0 Å². The zero-order valence-corrected chi connectivity index (χ0v) is 16.2. The summed E-state index contributed by atoms with van der Waals surface area (Å²) in [6.07, 6.45) is 2.95. The van der Waals surface area contributed by atoms with E-state index in [1.54, 1.807) is 24.3 Å². The second-order valence-corrected chi connectivity index (χ2v) is 7.62. The van der Waals surface area contributed by atoms with Gasteiger partial charge in [-0.2, -0.15) is 0 Å². The number of carbonyl (C=O) groups excluding carboxylic acids is 2. The van der Waals surface area contributed by atoms with E-state index in [0.29, 0.717) is 5.02 Å². The molecule has 0 heterocycles. The van der Waals surface area contributed by atoms with Crippen LogP contribution < -0.4 is 10.6 Å². The molecule has 3 rings (SSSR count). The molecule has 2 N–H and O–H groups in total. The summed E-state index contributed by atoms with van der Waals surface area (Å²) in [7, 11) is 0. The van der Waals surface area contributed by atoms with E-state index in [1.807, 2.05) is 37.3 Å². The second-order valence-electron chi connectivity index (χ2n) is 7.19.